The average molecular weight is 292 g/mol. The Hall–Kier alpha value is -2.83. The summed E-state index contributed by atoms with van der Waals surface area (Å²) in [5.74, 6) is -0.202. The van der Waals surface area contributed by atoms with Crippen molar-refractivity contribution < 1.29 is 23.0 Å². The van der Waals surface area contributed by atoms with Crippen LogP contribution in [0.15, 0.2) is 48.5 Å². The van der Waals surface area contributed by atoms with E-state index in [1.54, 1.807) is 24.3 Å². The third-order valence-electron chi connectivity index (χ3n) is 2.69. The Morgan fingerprint density at radius 1 is 0.905 bits per heavy atom. The summed E-state index contributed by atoms with van der Waals surface area (Å²) < 4.78 is 34.3. The van der Waals surface area contributed by atoms with Crippen LogP contribution in [0.5, 0.6) is 11.5 Å². The fourth-order valence-electron chi connectivity index (χ4n) is 1.84. The first-order chi connectivity index (χ1) is 10.0. The van der Waals surface area contributed by atoms with Gasteiger partial charge in [-0.1, -0.05) is 18.2 Å². The first-order valence-corrected chi connectivity index (χ1v) is 6.05. The molecule has 2 N–H and O–H groups in total. The second kappa shape index (κ2) is 4.93. The monoisotopic (exact) mass is 292 g/mol. The number of hydrogen-bond donors (Lipinski definition) is 2. The quantitative estimate of drug-likeness (QED) is 0.888. The van der Waals surface area contributed by atoms with Crippen molar-refractivity contribution >= 4 is 17.4 Å². The number of para-hydroxylation sites is 1. The summed E-state index contributed by atoms with van der Waals surface area (Å²) in [7, 11) is 0. The second-order valence-corrected chi connectivity index (χ2v) is 4.27. The molecule has 0 fully saturated rings. The molecule has 0 saturated carbocycles. The lowest BCUT2D eigenvalue weighted by molar-refractivity contribution is -0.286. The number of anilines is 2. The maximum Gasteiger partial charge on any atom is 0.586 e. The van der Waals surface area contributed by atoms with Gasteiger partial charge in [-0.05, 0) is 24.3 Å². The number of nitrogens with one attached hydrogen (secondary N) is 2. The van der Waals surface area contributed by atoms with Crippen molar-refractivity contribution in [3.05, 3.63) is 48.5 Å². The zero-order valence-corrected chi connectivity index (χ0v) is 10.6. The summed E-state index contributed by atoms with van der Waals surface area (Å²) in [6, 6.07) is 12.3. The molecule has 0 saturated heterocycles. The summed E-state index contributed by atoms with van der Waals surface area (Å²) in [4.78, 5) is 11.8. The van der Waals surface area contributed by atoms with Gasteiger partial charge >= 0.3 is 12.3 Å². The van der Waals surface area contributed by atoms with Crippen LogP contribution in [-0.2, 0) is 0 Å². The first-order valence-electron chi connectivity index (χ1n) is 6.05. The molecule has 7 heteroatoms. The van der Waals surface area contributed by atoms with Crippen molar-refractivity contribution in [2.75, 3.05) is 10.6 Å². The first kappa shape index (κ1) is 13.2. The highest BCUT2D eigenvalue weighted by atomic mass is 19.3. The van der Waals surface area contributed by atoms with Crippen molar-refractivity contribution in [2.45, 2.75) is 6.29 Å². The Morgan fingerprint density at radius 3 is 2.33 bits per heavy atom. The molecule has 0 spiro atoms. The highest BCUT2D eigenvalue weighted by molar-refractivity contribution is 5.99. The van der Waals surface area contributed by atoms with Gasteiger partial charge in [0.1, 0.15) is 0 Å². The molecule has 2 aromatic carbocycles. The summed E-state index contributed by atoms with van der Waals surface area (Å²) in [6.07, 6.45) is -3.67. The van der Waals surface area contributed by atoms with Gasteiger partial charge in [0.25, 0.3) is 0 Å². The van der Waals surface area contributed by atoms with Crippen molar-refractivity contribution in [1.29, 1.82) is 0 Å². The van der Waals surface area contributed by atoms with Gasteiger partial charge in [-0.25, -0.2) is 4.79 Å². The fourth-order valence-corrected chi connectivity index (χ4v) is 1.84. The smallest absolute Gasteiger partial charge is 0.395 e. The minimum absolute atomic E-state index is 0.0750. The van der Waals surface area contributed by atoms with E-state index in [0.29, 0.717) is 11.4 Å². The molecule has 1 aliphatic rings. The molecule has 0 bridgehead atoms. The molecule has 0 aromatic heterocycles. The van der Waals surface area contributed by atoms with E-state index >= 15 is 0 Å². The van der Waals surface area contributed by atoms with Gasteiger partial charge in [-0.15, -0.1) is 8.78 Å². The van der Waals surface area contributed by atoms with Crippen LogP contribution in [0.1, 0.15) is 0 Å². The number of alkyl halides is 2. The number of ether oxygens (including phenoxy) is 2. The predicted molar refractivity (Wildman–Crippen MR) is 71.7 cm³/mol. The third-order valence-corrected chi connectivity index (χ3v) is 2.69. The molecule has 1 aliphatic heterocycles. The highest BCUT2D eigenvalue weighted by Crippen LogP contribution is 2.42. The Labute approximate surface area is 118 Å². The second-order valence-electron chi connectivity index (χ2n) is 4.27. The molecule has 5 nitrogen and oxygen atoms in total. The van der Waals surface area contributed by atoms with Crippen LogP contribution in [0.2, 0.25) is 0 Å². The SMILES string of the molecule is O=C(Nc1ccccc1)Nc1ccc2c(c1)OC(F)(F)O2. The number of hydrogen-bond acceptors (Lipinski definition) is 3. The van der Waals surface area contributed by atoms with Crippen LogP contribution in [0, 0.1) is 0 Å². The normalized spacial score (nSPS) is 14.6. The predicted octanol–water partition coefficient (Wildman–Crippen LogP) is 3.65. The minimum Gasteiger partial charge on any atom is -0.395 e. The van der Waals surface area contributed by atoms with E-state index in [0.717, 1.165) is 0 Å². The van der Waals surface area contributed by atoms with Crippen molar-refractivity contribution in [1.82, 2.24) is 0 Å². The third kappa shape index (κ3) is 3.02. The van der Waals surface area contributed by atoms with Gasteiger partial charge in [0, 0.05) is 17.4 Å². The van der Waals surface area contributed by atoms with Crippen molar-refractivity contribution in [3.63, 3.8) is 0 Å². The van der Waals surface area contributed by atoms with E-state index in [2.05, 4.69) is 20.1 Å². The van der Waals surface area contributed by atoms with E-state index in [-0.39, 0.29) is 11.5 Å². The Bertz CT molecular complexity index is 677. The summed E-state index contributed by atoms with van der Waals surface area (Å²) >= 11 is 0. The van der Waals surface area contributed by atoms with Gasteiger partial charge in [0.05, 0.1) is 0 Å². The zero-order chi connectivity index (χ0) is 14.9. The lowest BCUT2D eigenvalue weighted by atomic mass is 10.3. The number of amides is 2. The average Bonchev–Trinajstić information content (AvgIpc) is 2.73. The van der Waals surface area contributed by atoms with Gasteiger partial charge in [-0.2, -0.15) is 0 Å². The Morgan fingerprint density at radius 2 is 1.57 bits per heavy atom. The topological polar surface area (TPSA) is 59.6 Å². The zero-order valence-electron chi connectivity index (χ0n) is 10.6. The molecule has 108 valence electrons. The number of benzene rings is 2. The number of carbonyl (C=O) groups excluding carboxylic acids is 1. The van der Waals surface area contributed by atoms with Crippen LogP contribution in [-0.4, -0.2) is 12.3 Å². The molecule has 0 aliphatic carbocycles. The Balaban J connectivity index is 1.68. The summed E-state index contributed by atoms with van der Waals surface area (Å²) in [6.45, 7) is 0. The van der Waals surface area contributed by atoms with Gasteiger partial charge in [-0.3, -0.25) is 0 Å². The molecule has 3 rings (SSSR count). The molecule has 0 unspecified atom stereocenters. The van der Waals surface area contributed by atoms with Gasteiger partial charge in [0.2, 0.25) is 0 Å². The minimum atomic E-state index is -3.67. The van der Waals surface area contributed by atoms with E-state index in [1.807, 2.05) is 6.07 Å². The lowest BCUT2D eigenvalue weighted by Crippen LogP contribution is -2.25. The fraction of sp³-hybridized carbons (Fsp3) is 0.0714. The highest BCUT2D eigenvalue weighted by Gasteiger charge is 2.43. The summed E-state index contributed by atoms with van der Waals surface area (Å²) in [5.41, 5.74) is 0.922. The number of fused-ring (bicyclic) bond motifs is 1. The maximum atomic E-state index is 12.9. The number of halogens is 2. The molecular formula is C14H10F2N2O3. The number of rotatable bonds is 2. The summed E-state index contributed by atoms with van der Waals surface area (Å²) in [5, 5.41) is 5.12. The molecule has 0 atom stereocenters. The van der Waals surface area contributed by atoms with Crippen molar-refractivity contribution in [2.24, 2.45) is 0 Å². The van der Waals surface area contributed by atoms with Crippen LogP contribution >= 0.6 is 0 Å². The van der Waals surface area contributed by atoms with Crippen LogP contribution in [0.25, 0.3) is 0 Å². The molecule has 1 heterocycles. The number of carbonyl (C=O) groups is 1. The van der Waals surface area contributed by atoms with E-state index in [4.69, 9.17) is 0 Å². The van der Waals surface area contributed by atoms with E-state index in [1.165, 1.54) is 18.2 Å². The molecule has 2 aromatic rings. The van der Waals surface area contributed by atoms with Crippen molar-refractivity contribution in [3.8, 4) is 11.5 Å². The standard InChI is InChI=1S/C14H10F2N2O3/c15-14(16)20-11-7-6-10(8-12(11)21-14)18-13(19)17-9-4-2-1-3-5-9/h1-8H,(H2,17,18,19). The van der Waals surface area contributed by atoms with Crippen LogP contribution in [0.4, 0.5) is 25.0 Å². The molecule has 2 amide bonds. The van der Waals surface area contributed by atoms with Gasteiger partial charge < -0.3 is 20.1 Å². The Kier molecular flexibility index (Phi) is 3.09. The van der Waals surface area contributed by atoms with Crippen LogP contribution in [0.3, 0.4) is 0 Å². The van der Waals surface area contributed by atoms with Gasteiger partial charge in [0.15, 0.2) is 11.5 Å². The number of urea groups is 1. The molecule has 0 radical (unpaired) electrons. The van der Waals surface area contributed by atoms with Crippen LogP contribution < -0.4 is 20.1 Å². The van der Waals surface area contributed by atoms with E-state index in [9.17, 15) is 13.6 Å². The largest absolute Gasteiger partial charge is 0.586 e. The maximum absolute atomic E-state index is 12.9. The molecular weight excluding hydrogens is 282 g/mol. The lowest BCUT2D eigenvalue weighted by Gasteiger charge is -2.07. The molecule has 21 heavy (non-hydrogen) atoms. The van der Waals surface area contributed by atoms with E-state index < -0.39 is 12.3 Å².